The van der Waals surface area contributed by atoms with E-state index in [9.17, 15) is 4.79 Å². The van der Waals surface area contributed by atoms with Crippen LogP contribution in [-0.4, -0.2) is 33.9 Å². The lowest BCUT2D eigenvalue weighted by Crippen LogP contribution is -2.52. The van der Waals surface area contributed by atoms with Crippen molar-refractivity contribution in [1.82, 2.24) is 14.9 Å². The molecule has 6 rings (SSSR count). The molecule has 4 saturated carbocycles. The number of hydrogen-bond donors (Lipinski definition) is 1. The zero-order valence-corrected chi connectivity index (χ0v) is 15.8. The van der Waals surface area contributed by atoms with Gasteiger partial charge in [0.05, 0.1) is 11.1 Å². The zero-order valence-electron chi connectivity index (χ0n) is 15.8. The molecule has 1 aliphatic heterocycles. The Hall–Kier alpha value is -1.49. The fraction of sp³-hybridized carbons (Fsp3) is 0.762. The quantitative estimate of drug-likeness (QED) is 0.900. The summed E-state index contributed by atoms with van der Waals surface area (Å²) in [7, 11) is 0. The summed E-state index contributed by atoms with van der Waals surface area (Å²) < 4.78 is 0. The molecule has 1 N–H and O–H groups in total. The highest BCUT2D eigenvalue weighted by molar-refractivity contribution is 5.95. The summed E-state index contributed by atoms with van der Waals surface area (Å²) in [4.78, 5) is 24.8. The van der Waals surface area contributed by atoms with Gasteiger partial charge in [-0.1, -0.05) is 6.92 Å². The Bertz CT molecular complexity index is 681. The van der Waals surface area contributed by atoms with Crippen molar-refractivity contribution in [3.8, 4) is 0 Å². The lowest BCUT2D eigenvalue weighted by molar-refractivity contribution is -0.140. The Morgan fingerprint density at radius 1 is 1.19 bits per heavy atom. The van der Waals surface area contributed by atoms with Gasteiger partial charge in [0.15, 0.2) is 0 Å². The van der Waals surface area contributed by atoms with Crippen molar-refractivity contribution < 1.29 is 4.79 Å². The maximum Gasteiger partial charge on any atom is 0.231 e. The largest absolute Gasteiger partial charge is 0.310 e. The molecule has 5 nitrogen and oxygen atoms in total. The van der Waals surface area contributed by atoms with Gasteiger partial charge in [0.1, 0.15) is 12.1 Å². The minimum atomic E-state index is -0.116. The molecule has 0 spiro atoms. The van der Waals surface area contributed by atoms with Gasteiger partial charge in [-0.2, -0.15) is 0 Å². The van der Waals surface area contributed by atoms with E-state index >= 15 is 0 Å². The van der Waals surface area contributed by atoms with E-state index in [1.165, 1.54) is 19.3 Å². The molecule has 1 amide bonds. The van der Waals surface area contributed by atoms with Crippen LogP contribution in [0, 0.1) is 23.2 Å². The highest BCUT2D eigenvalue weighted by atomic mass is 16.2. The molecular weight excluding hydrogens is 324 g/mol. The van der Waals surface area contributed by atoms with Gasteiger partial charge in [0, 0.05) is 18.7 Å². The highest BCUT2D eigenvalue weighted by Gasteiger charge is 2.54. The molecule has 5 heteroatoms. The van der Waals surface area contributed by atoms with Crippen molar-refractivity contribution in [3.63, 3.8) is 0 Å². The molecule has 2 heterocycles. The maximum absolute atomic E-state index is 13.3. The average Bonchev–Trinajstić information content (AvgIpc) is 2.61. The van der Waals surface area contributed by atoms with Crippen LogP contribution in [0.3, 0.4) is 0 Å². The second-order valence-electron chi connectivity index (χ2n) is 9.33. The Morgan fingerprint density at radius 3 is 2.54 bits per heavy atom. The van der Waals surface area contributed by atoms with Gasteiger partial charge in [-0.25, -0.2) is 9.97 Å². The van der Waals surface area contributed by atoms with E-state index < -0.39 is 0 Å². The molecule has 0 radical (unpaired) electrons. The van der Waals surface area contributed by atoms with E-state index in [1.54, 1.807) is 6.33 Å². The van der Waals surface area contributed by atoms with Crippen LogP contribution < -0.4 is 5.32 Å². The second-order valence-corrected chi connectivity index (χ2v) is 9.33. The summed E-state index contributed by atoms with van der Waals surface area (Å²) >= 11 is 0. The van der Waals surface area contributed by atoms with Crippen LogP contribution in [0.2, 0.25) is 0 Å². The van der Waals surface area contributed by atoms with Gasteiger partial charge in [0.2, 0.25) is 5.91 Å². The molecule has 26 heavy (non-hydrogen) atoms. The van der Waals surface area contributed by atoms with E-state index in [1.807, 2.05) is 0 Å². The van der Waals surface area contributed by atoms with Crippen molar-refractivity contribution in [2.75, 3.05) is 18.4 Å². The highest BCUT2D eigenvalue weighted by Crippen LogP contribution is 2.60. The summed E-state index contributed by atoms with van der Waals surface area (Å²) in [5.41, 5.74) is 2.15. The zero-order chi connectivity index (χ0) is 17.7. The number of nitrogens with one attached hydrogen (secondary N) is 1. The standard InChI is InChI=1S/C21H30N4O/c1-2-4-25-5-3-17-18(12-25)22-13-23-19(17)24-20(26)21-9-14-6-15(10-21)8-16(7-14)11-21/h13-16H,2-12H2,1H3,(H,22,23,24,26). The number of amides is 1. The topological polar surface area (TPSA) is 58.1 Å². The number of hydrogen-bond acceptors (Lipinski definition) is 4. The molecule has 0 saturated heterocycles. The van der Waals surface area contributed by atoms with Crippen molar-refractivity contribution in [1.29, 1.82) is 0 Å². The minimum Gasteiger partial charge on any atom is -0.310 e. The van der Waals surface area contributed by atoms with Gasteiger partial charge in [0.25, 0.3) is 0 Å². The van der Waals surface area contributed by atoms with Crippen LogP contribution in [0.5, 0.6) is 0 Å². The molecule has 1 aromatic heterocycles. The summed E-state index contributed by atoms with van der Waals surface area (Å²) in [6, 6.07) is 0. The Kier molecular flexibility index (Phi) is 4.03. The third-order valence-corrected chi connectivity index (χ3v) is 7.38. The predicted molar refractivity (Wildman–Crippen MR) is 101 cm³/mol. The fourth-order valence-corrected chi connectivity index (χ4v) is 6.65. The lowest BCUT2D eigenvalue weighted by atomic mass is 9.49. The number of aromatic nitrogens is 2. The van der Waals surface area contributed by atoms with Crippen LogP contribution in [0.15, 0.2) is 6.33 Å². The van der Waals surface area contributed by atoms with Gasteiger partial charge in [-0.3, -0.25) is 9.69 Å². The van der Waals surface area contributed by atoms with Gasteiger partial charge in [-0.15, -0.1) is 0 Å². The fourth-order valence-electron chi connectivity index (χ4n) is 6.65. The third kappa shape index (κ3) is 2.75. The van der Waals surface area contributed by atoms with Crippen molar-refractivity contribution in [2.24, 2.45) is 23.2 Å². The molecule has 0 unspecified atom stereocenters. The predicted octanol–water partition coefficient (Wildman–Crippen LogP) is 3.40. The number of nitrogens with zero attached hydrogens (tertiary/aromatic N) is 3. The maximum atomic E-state index is 13.3. The number of fused-ring (bicyclic) bond motifs is 1. The van der Waals surface area contributed by atoms with E-state index in [-0.39, 0.29) is 11.3 Å². The third-order valence-electron chi connectivity index (χ3n) is 7.38. The van der Waals surface area contributed by atoms with Gasteiger partial charge < -0.3 is 5.32 Å². The first kappa shape index (κ1) is 16.7. The van der Waals surface area contributed by atoms with E-state index in [4.69, 9.17) is 0 Å². The Balaban J connectivity index is 1.36. The molecular formula is C21H30N4O. The summed E-state index contributed by atoms with van der Waals surface area (Å²) in [6.45, 7) is 5.24. The number of anilines is 1. The number of rotatable bonds is 4. The van der Waals surface area contributed by atoms with Crippen molar-refractivity contribution >= 4 is 11.7 Å². The Labute approximate surface area is 156 Å². The molecule has 4 fully saturated rings. The Morgan fingerprint density at radius 2 is 1.88 bits per heavy atom. The average molecular weight is 354 g/mol. The van der Waals surface area contributed by atoms with Crippen LogP contribution in [0.1, 0.15) is 63.1 Å². The monoisotopic (exact) mass is 354 g/mol. The van der Waals surface area contributed by atoms with Crippen molar-refractivity contribution in [2.45, 2.75) is 64.8 Å². The van der Waals surface area contributed by atoms with Gasteiger partial charge >= 0.3 is 0 Å². The summed E-state index contributed by atoms with van der Waals surface area (Å²) in [6.07, 6.45) is 11.1. The molecule has 0 atom stereocenters. The van der Waals surface area contributed by atoms with E-state index in [0.29, 0.717) is 0 Å². The minimum absolute atomic E-state index is 0.116. The van der Waals surface area contributed by atoms with Crippen LogP contribution in [0.25, 0.3) is 0 Å². The van der Waals surface area contributed by atoms with Gasteiger partial charge in [-0.05, 0) is 75.7 Å². The van der Waals surface area contributed by atoms with Crippen LogP contribution in [0.4, 0.5) is 5.82 Å². The van der Waals surface area contributed by atoms with E-state index in [0.717, 1.165) is 86.6 Å². The SMILES string of the molecule is CCCN1CCc2c(ncnc2NC(=O)C23CC4CC(CC(C4)C2)C3)C1. The van der Waals surface area contributed by atoms with E-state index in [2.05, 4.69) is 27.1 Å². The first-order valence-electron chi connectivity index (χ1n) is 10.5. The molecule has 1 aromatic rings. The smallest absolute Gasteiger partial charge is 0.231 e. The first-order valence-corrected chi connectivity index (χ1v) is 10.5. The van der Waals surface area contributed by atoms with Crippen LogP contribution in [-0.2, 0) is 17.8 Å². The van der Waals surface area contributed by atoms with Crippen LogP contribution >= 0.6 is 0 Å². The normalized spacial score (nSPS) is 35.3. The first-order chi connectivity index (χ1) is 12.6. The molecule has 0 aromatic carbocycles. The second kappa shape index (κ2) is 6.29. The summed E-state index contributed by atoms with van der Waals surface area (Å²) in [5.74, 6) is 3.39. The van der Waals surface area contributed by atoms with Crippen molar-refractivity contribution in [3.05, 3.63) is 17.6 Å². The molecule has 5 aliphatic rings. The summed E-state index contributed by atoms with van der Waals surface area (Å²) in [5, 5.41) is 3.27. The molecule has 4 aliphatic carbocycles. The lowest BCUT2D eigenvalue weighted by Gasteiger charge is -2.55. The number of carbonyl (C=O) groups is 1. The molecule has 140 valence electrons. The number of carbonyl (C=O) groups excluding carboxylic acids is 1. The molecule has 4 bridgehead atoms.